The Labute approximate surface area is 88.4 Å². The molecule has 0 saturated carbocycles. The van der Waals surface area contributed by atoms with E-state index >= 15 is 0 Å². The highest BCUT2D eigenvalue weighted by Gasteiger charge is 1.93. The van der Waals surface area contributed by atoms with Crippen LogP contribution in [0.25, 0.3) is 0 Å². The van der Waals surface area contributed by atoms with Gasteiger partial charge in [-0.2, -0.15) is 0 Å². The lowest BCUT2D eigenvalue weighted by atomic mass is 10.2. The summed E-state index contributed by atoms with van der Waals surface area (Å²) in [5, 5.41) is 3.32. The van der Waals surface area contributed by atoms with Crippen LogP contribution in [0.4, 0.5) is 0 Å². The lowest BCUT2D eigenvalue weighted by Crippen LogP contribution is -2.21. The molecular weight excluding hydrogens is 174 g/mol. The van der Waals surface area contributed by atoms with Crippen LogP contribution in [0.3, 0.4) is 0 Å². The van der Waals surface area contributed by atoms with Crippen LogP contribution in [0.1, 0.15) is 33.1 Å². The van der Waals surface area contributed by atoms with Crippen molar-refractivity contribution < 1.29 is 4.74 Å². The zero-order valence-corrected chi connectivity index (χ0v) is 9.51. The first-order valence-corrected chi connectivity index (χ1v) is 5.49. The maximum atomic E-state index is 5.43. The molecule has 0 heterocycles. The lowest BCUT2D eigenvalue weighted by Gasteiger charge is -2.07. The first-order chi connectivity index (χ1) is 6.77. The van der Waals surface area contributed by atoms with E-state index in [1.807, 2.05) is 0 Å². The molecule has 0 aliphatic heterocycles. The van der Waals surface area contributed by atoms with E-state index < -0.39 is 0 Å². The van der Waals surface area contributed by atoms with E-state index in [1.165, 1.54) is 0 Å². The molecular formula is C12H23NO. The number of hydrogen-bond acceptors (Lipinski definition) is 2. The van der Waals surface area contributed by atoms with Gasteiger partial charge in [-0.15, -0.1) is 12.3 Å². The summed E-state index contributed by atoms with van der Waals surface area (Å²) in [7, 11) is 0. The average molecular weight is 197 g/mol. The third-order valence-electron chi connectivity index (χ3n) is 1.80. The Morgan fingerprint density at radius 1 is 1.29 bits per heavy atom. The van der Waals surface area contributed by atoms with Gasteiger partial charge >= 0.3 is 0 Å². The van der Waals surface area contributed by atoms with Crippen LogP contribution in [-0.4, -0.2) is 26.3 Å². The van der Waals surface area contributed by atoms with Gasteiger partial charge < -0.3 is 10.1 Å². The Morgan fingerprint density at radius 2 is 2.07 bits per heavy atom. The normalized spacial score (nSPS) is 10.4. The Kier molecular flexibility index (Phi) is 10.2. The van der Waals surface area contributed by atoms with Crippen LogP contribution >= 0.6 is 0 Å². The SMILES string of the molecule is C#CCCCCNCCOCC(C)C. The van der Waals surface area contributed by atoms with E-state index in [0.717, 1.165) is 45.6 Å². The van der Waals surface area contributed by atoms with Gasteiger partial charge in [0.15, 0.2) is 0 Å². The monoisotopic (exact) mass is 197 g/mol. The van der Waals surface area contributed by atoms with E-state index in [2.05, 4.69) is 25.1 Å². The molecule has 0 spiro atoms. The van der Waals surface area contributed by atoms with Crippen LogP contribution in [0, 0.1) is 18.3 Å². The first kappa shape index (κ1) is 13.5. The Balaban J connectivity index is 2.89. The zero-order valence-electron chi connectivity index (χ0n) is 9.51. The molecule has 82 valence electrons. The maximum Gasteiger partial charge on any atom is 0.0591 e. The second kappa shape index (κ2) is 10.6. The zero-order chi connectivity index (χ0) is 10.6. The quantitative estimate of drug-likeness (QED) is 0.451. The van der Waals surface area contributed by atoms with Gasteiger partial charge in [0.05, 0.1) is 6.61 Å². The largest absolute Gasteiger partial charge is 0.380 e. The fraction of sp³-hybridized carbons (Fsp3) is 0.833. The predicted molar refractivity (Wildman–Crippen MR) is 61.2 cm³/mol. The summed E-state index contributed by atoms with van der Waals surface area (Å²) in [5.74, 6) is 3.27. The summed E-state index contributed by atoms with van der Waals surface area (Å²) in [4.78, 5) is 0. The van der Waals surface area contributed by atoms with Crippen LogP contribution in [-0.2, 0) is 4.74 Å². The summed E-state index contributed by atoms with van der Waals surface area (Å²) >= 11 is 0. The Bertz CT molecular complexity index is 149. The molecule has 14 heavy (non-hydrogen) atoms. The van der Waals surface area contributed by atoms with Gasteiger partial charge in [-0.1, -0.05) is 13.8 Å². The third-order valence-corrected chi connectivity index (χ3v) is 1.80. The standard InChI is InChI=1S/C12H23NO/c1-4-5-6-7-8-13-9-10-14-11-12(2)3/h1,12-13H,5-11H2,2-3H3. The molecule has 0 bridgehead atoms. The fourth-order valence-electron chi connectivity index (χ4n) is 1.07. The molecule has 0 aliphatic rings. The van der Waals surface area contributed by atoms with Crippen molar-refractivity contribution in [3.63, 3.8) is 0 Å². The van der Waals surface area contributed by atoms with Gasteiger partial charge in [-0.3, -0.25) is 0 Å². The number of unbranched alkanes of at least 4 members (excludes halogenated alkanes) is 2. The number of rotatable bonds is 9. The van der Waals surface area contributed by atoms with Gasteiger partial charge in [0.2, 0.25) is 0 Å². The maximum absolute atomic E-state index is 5.43. The molecule has 0 radical (unpaired) electrons. The van der Waals surface area contributed by atoms with Crippen LogP contribution in [0.5, 0.6) is 0 Å². The third kappa shape index (κ3) is 11.5. The summed E-state index contributed by atoms with van der Waals surface area (Å²) in [5.41, 5.74) is 0. The molecule has 0 saturated heterocycles. The van der Waals surface area contributed by atoms with Crippen LogP contribution in [0.2, 0.25) is 0 Å². The minimum atomic E-state index is 0.630. The highest BCUT2D eigenvalue weighted by atomic mass is 16.5. The molecule has 0 amide bonds. The number of terminal acetylenes is 1. The topological polar surface area (TPSA) is 21.3 Å². The molecule has 0 unspecified atom stereocenters. The molecule has 0 fully saturated rings. The van der Waals surface area contributed by atoms with Crippen molar-refractivity contribution in [2.24, 2.45) is 5.92 Å². The minimum absolute atomic E-state index is 0.630. The summed E-state index contributed by atoms with van der Waals surface area (Å²) in [6.07, 6.45) is 8.32. The van der Waals surface area contributed by atoms with Crippen LogP contribution in [0.15, 0.2) is 0 Å². The van der Waals surface area contributed by atoms with Crippen molar-refractivity contribution in [3.8, 4) is 12.3 Å². The average Bonchev–Trinajstić information content (AvgIpc) is 2.15. The van der Waals surface area contributed by atoms with E-state index in [0.29, 0.717) is 5.92 Å². The van der Waals surface area contributed by atoms with Crippen LogP contribution < -0.4 is 5.32 Å². The predicted octanol–water partition coefficient (Wildman–Crippen LogP) is 2.05. The van der Waals surface area contributed by atoms with Gasteiger partial charge in [0.1, 0.15) is 0 Å². The van der Waals surface area contributed by atoms with Gasteiger partial charge in [0, 0.05) is 19.6 Å². The van der Waals surface area contributed by atoms with Crippen molar-refractivity contribution in [1.29, 1.82) is 0 Å². The van der Waals surface area contributed by atoms with Crippen molar-refractivity contribution in [3.05, 3.63) is 0 Å². The van der Waals surface area contributed by atoms with E-state index in [1.54, 1.807) is 0 Å². The summed E-state index contributed by atoms with van der Waals surface area (Å²) in [6, 6.07) is 0. The second-order valence-corrected chi connectivity index (χ2v) is 3.88. The van der Waals surface area contributed by atoms with Crippen molar-refractivity contribution in [2.45, 2.75) is 33.1 Å². The van der Waals surface area contributed by atoms with Gasteiger partial charge in [-0.05, 0) is 25.3 Å². The first-order valence-electron chi connectivity index (χ1n) is 5.49. The smallest absolute Gasteiger partial charge is 0.0591 e. The summed E-state index contributed by atoms with van der Waals surface area (Å²) in [6.45, 7) is 7.99. The molecule has 0 aromatic carbocycles. The lowest BCUT2D eigenvalue weighted by molar-refractivity contribution is 0.112. The van der Waals surface area contributed by atoms with Crippen molar-refractivity contribution >= 4 is 0 Å². The molecule has 2 heteroatoms. The Hall–Kier alpha value is -0.520. The number of nitrogens with one attached hydrogen (secondary N) is 1. The molecule has 1 N–H and O–H groups in total. The summed E-state index contributed by atoms with van der Waals surface area (Å²) < 4.78 is 5.43. The van der Waals surface area contributed by atoms with E-state index in [-0.39, 0.29) is 0 Å². The number of ether oxygens (including phenoxy) is 1. The second-order valence-electron chi connectivity index (χ2n) is 3.88. The fourth-order valence-corrected chi connectivity index (χ4v) is 1.07. The highest BCUT2D eigenvalue weighted by molar-refractivity contribution is 4.82. The highest BCUT2D eigenvalue weighted by Crippen LogP contribution is 1.92. The molecule has 2 nitrogen and oxygen atoms in total. The number of hydrogen-bond donors (Lipinski definition) is 1. The van der Waals surface area contributed by atoms with Crippen molar-refractivity contribution in [1.82, 2.24) is 5.32 Å². The van der Waals surface area contributed by atoms with E-state index in [9.17, 15) is 0 Å². The molecule has 0 aromatic heterocycles. The van der Waals surface area contributed by atoms with Crippen molar-refractivity contribution in [2.75, 3.05) is 26.3 Å². The molecule has 0 aromatic rings. The molecule has 0 aliphatic carbocycles. The van der Waals surface area contributed by atoms with Gasteiger partial charge in [-0.25, -0.2) is 0 Å². The molecule has 0 rings (SSSR count). The molecule has 0 atom stereocenters. The van der Waals surface area contributed by atoms with Gasteiger partial charge in [0.25, 0.3) is 0 Å². The van der Waals surface area contributed by atoms with E-state index in [4.69, 9.17) is 11.2 Å². The minimum Gasteiger partial charge on any atom is -0.380 e. The Morgan fingerprint density at radius 3 is 2.71 bits per heavy atom.